The minimum absolute atomic E-state index is 0.160. The molecule has 1 heterocycles. The van der Waals surface area contributed by atoms with Gasteiger partial charge in [-0.25, -0.2) is 9.97 Å². The first-order valence-electron chi connectivity index (χ1n) is 24.2. The van der Waals surface area contributed by atoms with Crippen LogP contribution in [0.2, 0.25) is 0 Å². The van der Waals surface area contributed by atoms with Gasteiger partial charge in [0.2, 0.25) is 0 Å². The van der Waals surface area contributed by atoms with E-state index in [4.69, 9.17) is 9.97 Å². The van der Waals surface area contributed by atoms with Crippen LogP contribution in [-0.2, 0) is 11.8 Å². The molecule has 0 amide bonds. The minimum Gasteiger partial charge on any atom is -0.228 e. The van der Waals surface area contributed by atoms with E-state index in [1.165, 1.54) is 71.6 Å². The molecule has 1 saturated carbocycles. The average Bonchev–Trinajstić information content (AvgIpc) is 3.72. The normalized spacial score (nSPS) is 19.9. The number of aromatic nitrogens is 2. The summed E-state index contributed by atoms with van der Waals surface area (Å²) in [5, 5.41) is 5.31. The predicted molar refractivity (Wildman–Crippen MR) is 280 cm³/mol. The average molecular weight is 859 g/mol. The lowest BCUT2D eigenvalue weighted by atomic mass is 9.60. The molecule has 2 nitrogen and oxygen atoms in total. The third kappa shape index (κ3) is 6.53. The smallest absolute Gasteiger partial charge is 0.156 e. The molecule has 3 atom stereocenters. The third-order valence-electron chi connectivity index (χ3n) is 15.4. The number of rotatable bonds is 7. The second-order valence-corrected chi connectivity index (χ2v) is 18.9. The number of benzene rings is 7. The lowest BCUT2D eigenvalue weighted by Gasteiger charge is -2.42. The van der Waals surface area contributed by atoms with Gasteiger partial charge in [-0.05, 0) is 128 Å². The first kappa shape index (κ1) is 39.7. The van der Waals surface area contributed by atoms with Crippen molar-refractivity contribution in [2.24, 2.45) is 17.8 Å². The van der Waals surface area contributed by atoms with Crippen molar-refractivity contribution in [2.45, 2.75) is 37.5 Å². The summed E-state index contributed by atoms with van der Waals surface area (Å²) in [7, 11) is 0. The molecule has 2 heteroatoms. The second kappa shape index (κ2) is 16.3. The van der Waals surface area contributed by atoms with E-state index in [-0.39, 0.29) is 5.41 Å². The van der Waals surface area contributed by atoms with E-state index in [1.807, 2.05) is 0 Å². The summed E-state index contributed by atoms with van der Waals surface area (Å²) in [6.45, 7) is 0. The predicted octanol–water partition coefficient (Wildman–Crippen LogP) is 16.2. The maximum Gasteiger partial charge on any atom is 0.156 e. The molecule has 5 aliphatic rings. The highest BCUT2D eigenvalue weighted by atomic mass is 14.9. The molecule has 320 valence electrons. The maximum atomic E-state index is 5.25. The van der Waals surface area contributed by atoms with Crippen molar-refractivity contribution in [1.29, 1.82) is 0 Å². The fourth-order valence-corrected chi connectivity index (χ4v) is 12.5. The van der Waals surface area contributed by atoms with E-state index in [0.717, 1.165) is 60.4 Å². The van der Waals surface area contributed by atoms with Crippen molar-refractivity contribution in [3.63, 3.8) is 0 Å². The van der Waals surface area contributed by atoms with Gasteiger partial charge >= 0.3 is 0 Å². The lowest BCUT2D eigenvalue weighted by molar-refractivity contribution is 0.335. The van der Waals surface area contributed by atoms with Crippen LogP contribution in [0.5, 0.6) is 0 Å². The molecule has 1 aromatic heterocycles. The quantitative estimate of drug-likeness (QED) is 0.149. The molecule has 0 radical (unpaired) electrons. The van der Waals surface area contributed by atoms with Crippen LogP contribution in [0.15, 0.2) is 224 Å². The standard InChI is InChI=1S/C65H50N2/c1-5-19-43(20-6-1)61-42-62(67-64(66-61)44-21-7-2-8-22-44)48-24-17-23-47(39-48)51-32-18-33-55-52-29-13-14-30-53(52)57-40-45(35-37-56(57)63(51)55)46-36-38-60-58(41-46)54-31-15-16-34-59(54)65(60,49-25-9-3-10-26-49)50-27-11-4-12-28-50/h1-7,9-12,14-21,23-28,30-37,39-42,54,59-60H,8,13,22,29,38H2. The number of hydrogen-bond donors (Lipinski definition) is 0. The summed E-state index contributed by atoms with van der Waals surface area (Å²) >= 11 is 0. The van der Waals surface area contributed by atoms with Crippen LogP contribution in [0.4, 0.5) is 0 Å². The number of fused-ring (bicyclic) bond motifs is 9. The zero-order valence-electron chi connectivity index (χ0n) is 37.5. The van der Waals surface area contributed by atoms with E-state index in [1.54, 1.807) is 5.57 Å². The summed E-state index contributed by atoms with van der Waals surface area (Å²) in [5.41, 5.74) is 17.3. The Morgan fingerprint density at radius 2 is 1.25 bits per heavy atom. The summed E-state index contributed by atoms with van der Waals surface area (Å²) in [6.07, 6.45) is 30.9. The Balaban J connectivity index is 0.938. The van der Waals surface area contributed by atoms with Crippen LogP contribution < -0.4 is 0 Å². The van der Waals surface area contributed by atoms with E-state index >= 15 is 0 Å². The Labute approximate surface area is 393 Å². The Hall–Kier alpha value is -7.68. The number of aryl methyl sites for hydroxylation is 1. The second-order valence-electron chi connectivity index (χ2n) is 18.9. The number of allylic oxidation sites excluding steroid dienone is 13. The molecule has 0 N–H and O–H groups in total. The SMILES string of the molecule is C1=CCCC(c2nc(-c3ccccc3)cc(-c3cccc(-c4cccc5c6c(c7cc(C8=CCC9C(=C8)C8C=CC=CC8C9(c8ccccc8)c8ccccc8)ccc7c45)C=CCC6)c3)n2)=C1. The fraction of sp³-hybridized carbons (Fsp3) is 0.138. The van der Waals surface area contributed by atoms with Gasteiger partial charge in [-0.3, -0.25) is 0 Å². The van der Waals surface area contributed by atoms with Crippen molar-refractivity contribution in [1.82, 2.24) is 9.97 Å². The molecule has 3 unspecified atom stereocenters. The summed E-state index contributed by atoms with van der Waals surface area (Å²) < 4.78 is 0. The lowest BCUT2D eigenvalue weighted by Crippen LogP contribution is -2.39. The molecule has 67 heavy (non-hydrogen) atoms. The van der Waals surface area contributed by atoms with Crippen molar-refractivity contribution < 1.29 is 0 Å². The van der Waals surface area contributed by atoms with Crippen molar-refractivity contribution >= 4 is 38.8 Å². The monoisotopic (exact) mass is 858 g/mol. The summed E-state index contributed by atoms with van der Waals surface area (Å²) in [5.74, 6) is 1.82. The van der Waals surface area contributed by atoms with Gasteiger partial charge in [-0.15, -0.1) is 0 Å². The molecule has 0 aliphatic heterocycles. The van der Waals surface area contributed by atoms with E-state index in [2.05, 4.69) is 225 Å². The van der Waals surface area contributed by atoms with E-state index < -0.39 is 0 Å². The zero-order valence-corrected chi connectivity index (χ0v) is 37.5. The van der Waals surface area contributed by atoms with E-state index in [0.29, 0.717) is 17.8 Å². The summed E-state index contributed by atoms with van der Waals surface area (Å²) in [4.78, 5) is 10.4. The number of hydrogen-bond acceptors (Lipinski definition) is 2. The van der Waals surface area contributed by atoms with Crippen LogP contribution >= 0.6 is 0 Å². The van der Waals surface area contributed by atoms with Gasteiger partial charge in [-0.2, -0.15) is 0 Å². The van der Waals surface area contributed by atoms with Crippen molar-refractivity contribution in [3.8, 4) is 33.6 Å². The highest BCUT2D eigenvalue weighted by Crippen LogP contribution is 2.63. The van der Waals surface area contributed by atoms with Gasteiger partial charge < -0.3 is 0 Å². The van der Waals surface area contributed by atoms with Crippen LogP contribution in [0.1, 0.15) is 59.3 Å². The maximum absolute atomic E-state index is 5.25. The fourth-order valence-electron chi connectivity index (χ4n) is 12.5. The molecule has 7 aromatic carbocycles. The van der Waals surface area contributed by atoms with E-state index in [9.17, 15) is 0 Å². The number of nitrogens with zero attached hydrogens (tertiary/aromatic N) is 2. The first-order valence-corrected chi connectivity index (χ1v) is 24.2. The molecule has 0 saturated heterocycles. The molecule has 0 bridgehead atoms. The largest absolute Gasteiger partial charge is 0.228 e. The van der Waals surface area contributed by atoms with Crippen molar-refractivity contribution in [2.75, 3.05) is 0 Å². The molecule has 0 spiro atoms. The first-order chi connectivity index (χ1) is 33.2. The Morgan fingerprint density at radius 3 is 2.04 bits per heavy atom. The molecular formula is C65H50N2. The highest BCUT2D eigenvalue weighted by molar-refractivity contribution is 6.19. The Morgan fingerprint density at radius 1 is 0.537 bits per heavy atom. The van der Waals surface area contributed by atoms with Gasteiger partial charge in [0.1, 0.15) is 0 Å². The molecular weight excluding hydrogens is 809 g/mol. The van der Waals surface area contributed by atoms with Gasteiger partial charge in [-0.1, -0.05) is 212 Å². The van der Waals surface area contributed by atoms with Gasteiger partial charge in [0.25, 0.3) is 0 Å². The summed E-state index contributed by atoms with van der Waals surface area (Å²) in [6, 6.07) is 58.6. The molecule has 8 aromatic rings. The van der Waals surface area contributed by atoms with Gasteiger partial charge in [0.15, 0.2) is 5.82 Å². The minimum atomic E-state index is -0.160. The molecule has 1 fully saturated rings. The topological polar surface area (TPSA) is 25.8 Å². The van der Waals surface area contributed by atoms with Crippen LogP contribution in [0.3, 0.4) is 0 Å². The Kier molecular flexibility index (Phi) is 9.67. The van der Waals surface area contributed by atoms with Crippen LogP contribution in [0.25, 0.3) is 72.4 Å². The van der Waals surface area contributed by atoms with Crippen molar-refractivity contribution in [3.05, 3.63) is 258 Å². The van der Waals surface area contributed by atoms with Crippen LogP contribution in [0, 0.1) is 17.8 Å². The van der Waals surface area contributed by atoms with Gasteiger partial charge in [0.05, 0.1) is 11.4 Å². The highest BCUT2D eigenvalue weighted by Gasteiger charge is 2.58. The zero-order chi connectivity index (χ0) is 44.3. The molecule has 5 aliphatic carbocycles. The van der Waals surface area contributed by atoms with Gasteiger partial charge in [0, 0.05) is 28.4 Å². The molecule has 13 rings (SSSR count). The Bertz CT molecular complexity index is 3450. The third-order valence-corrected chi connectivity index (χ3v) is 15.4. The van der Waals surface area contributed by atoms with Crippen LogP contribution in [-0.4, -0.2) is 9.97 Å².